The molecule has 110 valence electrons. The Labute approximate surface area is 119 Å². The van der Waals surface area contributed by atoms with E-state index in [1.807, 2.05) is 0 Å². The molecule has 0 aromatic heterocycles. The van der Waals surface area contributed by atoms with Crippen molar-refractivity contribution in [3.63, 3.8) is 0 Å². The predicted molar refractivity (Wildman–Crippen MR) is 72.2 cm³/mol. The monoisotopic (exact) mass is 298 g/mol. The summed E-state index contributed by atoms with van der Waals surface area (Å²) >= 11 is 0. The van der Waals surface area contributed by atoms with Gasteiger partial charge in [0.15, 0.2) is 5.82 Å². The van der Waals surface area contributed by atoms with Gasteiger partial charge in [0.25, 0.3) is 0 Å². The molecule has 0 saturated carbocycles. The molecule has 0 spiro atoms. The number of halogens is 4. The Morgan fingerprint density at radius 2 is 1.43 bits per heavy atom. The van der Waals surface area contributed by atoms with E-state index in [1.165, 1.54) is 14.2 Å². The Bertz CT molecular complexity index is 653. The van der Waals surface area contributed by atoms with Crippen molar-refractivity contribution in [2.45, 2.75) is 0 Å². The molecule has 0 aliphatic carbocycles. The van der Waals surface area contributed by atoms with Crippen LogP contribution < -0.4 is 20.4 Å². The molecule has 0 aliphatic heterocycles. The van der Waals surface area contributed by atoms with Crippen molar-refractivity contribution >= 4 is 18.2 Å². The summed E-state index contributed by atoms with van der Waals surface area (Å²) in [7, 11) is 2.12. The Morgan fingerprint density at radius 1 is 0.810 bits per heavy atom. The first-order chi connectivity index (χ1) is 9.96. The fourth-order valence-electron chi connectivity index (χ4n) is 2.03. The normalized spacial score (nSPS) is 10.4. The van der Waals surface area contributed by atoms with E-state index in [2.05, 4.69) is 0 Å². The van der Waals surface area contributed by atoms with Crippen molar-refractivity contribution < 1.29 is 27.0 Å². The van der Waals surface area contributed by atoms with Gasteiger partial charge < -0.3 is 9.47 Å². The first kappa shape index (κ1) is 15.2. The Kier molecular flexibility index (Phi) is 4.40. The third-order valence-electron chi connectivity index (χ3n) is 3.01. The van der Waals surface area contributed by atoms with Crippen LogP contribution in [0.15, 0.2) is 24.3 Å². The van der Waals surface area contributed by atoms with Crippen LogP contribution in [-0.2, 0) is 0 Å². The van der Waals surface area contributed by atoms with Crippen molar-refractivity contribution in [1.82, 2.24) is 0 Å². The summed E-state index contributed by atoms with van der Waals surface area (Å²) in [6.45, 7) is 0. The molecule has 0 bridgehead atoms. The van der Waals surface area contributed by atoms with Crippen LogP contribution in [0.1, 0.15) is 0 Å². The second-order valence-electron chi connectivity index (χ2n) is 4.33. The minimum Gasteiger partial charge on any atom is -0.497 e. The summed E-state index contributed by atoms with van der Waals surface area (Å²) in [4.78, 5) is 0. The van der Waals surface area contributed by atoms with E-state index < -0.39 is 23.3 Å². The topological polar surface area (TPSA) is 18.5 Å². The summed E-state index contributed by atoms with van der Waals surface area (Å²) < 4.78 is 64.1. The summed E-state index contributed by atoms with van der Waals surface area (Å²) in [6, 6.07) is 3.62. The van der Waals surface area contributed by atoms with Gasteiger partial charge in [0.05, 0.1) is 14.2 Å². The van der Waals surface area contributed by atoms with Crippen LogP contribution >= 0.6 is 0 Å². The van der Waals surface area contributed by atoms with Crippen molar-refractivity contribution in [2.24, 2.45) is 0 Å². The standard InChI is InChI=1S/C14H11BF4O2/c1-20-8-5-10(17)13(11(18)6-8)15-9-3-7(16)4-12(19)14(9)21-2/h3-6,15H,1-2H3. The van der Waals surface area contributed by atoms with Gasteiger partial charge in [0.1, 0.15) is 29.0 Å². The summed E-state index contributed by atoms with van der Waals surface area (Å²) in [5.41, 5.74) is -0.308. The quantitative estimate of drug-likeness (QED) is 0.631. The molecular formula is C14H11BF4O2. The van der Waals surface area contributed by atoms with Gasteiger partial charge in [-0.25, -0.2) is 17.6 Å². The maximum absolute atomic E-state index is 13.9. The third kappa shape index (κ3) is 3.12. The van der Waals surface area contributed by atoms with Gasteiger partial charge in [-0.15, -0.1) is 0 Å². The zero-order valence-electron chi connectivity index (χ0n) is 11.3. The van der Waals surface area contributed by atoms with Gasteiger partial charge >= 0.3 is 0 Å². The third-order valence-corrected chi connectivity index (χ3v) is 3.01. The smallest absolute Gasteiger partial charge is 0.205 e. The number of hydrogen-bond acceptors (Lipinski definition) is 2. The highest BCUT2D eigenvalue weighted by atomic mass is 19.1. The number of ether oxygens (including phenoxy) is 2. The molecular weight excluding hydrogens is 287 g/mol. The second-order valence-corrected chi connectivity index (χ2v) is 4.33. The molecule has 0 radical (unpaired) electrons. The zero-order valence-corrected chi connectivity index (χ0v) is 11.3. The maximum Gasteiger partial charge on any atom is 0.205 e. The highest BCUT2D eigenvalue weighted by Gasteiger charge is 2.19. The fraction of sp³-hybridized carbons (Fsp3) is 0.143. The van der Waals surface area contributed by atoms with Crippen LogP contribution in [0, 0.1) is 23.3 Å². The van der Waals surface area contributed by atoms with Gasteiger partial charge in [-0.3, -0.25) is 0 Å². The van der Waals surface area contributed by atoms with E-state index >= 15 is 0 Å². The molecule has 0 unspecified atom stereocenters. The molecule has 2 rings (SSSR count). The number of rotatable bonds is 4. The summed E-state index contributed by atoms with van der Waals surface area (Å²) in [5, 5.41) is 0. The lowest BCUT2D eigenvalue weighted by Crippen LogP contribution is -2.34. The van der Waals surface area contributed by atoms with Crippen molar-refractivity contribution in [2.75, 3.05) is 14.2 Å². The maximum atomic E-state index is 13.9. The molecule has 0 heterocycles. The van der Waals surface area contributed by atoms with Crippen molar-refractivity contribution in [3.05, 3.63) is 47.5 Å². The van der Waals surface area contributed by atoms with Gasteiger partial charge in [-0.05, 0) is 17.0 Å². The molecule has 7 heteroatoms. The largest absolute Gasteiger partial charge is 0.497 e. The molecule has 0 amide bonds. The minimum absolute atomic E-state index is 0.0120. The van der Waals surface area contributed by atoms with Crippen molar-refractivity contribution in [1.29, 1.82) is 0 Å². The lowest BCUT2D eigenvalue weighted by Gasteiger charge is -2.11. The van der Waals surface area contributed by atoms with E-state index in [4.69, 9.17) is 9.47 Å². The molecule has 0 fully saturated rings. The van der Waals surface area contributed by atoms with Crippen LogP contribution in [0.3, 0.4) is 0 Å². The molecule has 21 heavy (non-hydrogen) atoms. The molecule has 2 nitrogen and oxygen atoms in total. The predicted octanol–water partition coefficient (Wildman–Crippen LogP) is 1.65. The average molecular weight is 298 g/mol. The van der Waals surface area contributed by atoms with Crippen molar-refractivity contribution in [3.8, 4) is 11.5 Å². The summed E-state index contributed by atoms with van der Waals surface area (Å²) in [5.74, 6) is -3.73. The molecule has 0 saturated heterocycles. The van der Waals surface area contributed by atoms with Crippen LogP contribution in [0.25, 0.3) is 0 Å². The minimum atomic E-state index is -0.929. The first-order valence-electron chi connectivity index (χ1n) is 6.00. The first-order valence-corrected chi connectivity index (χ1v) is 6.00. The number of methoxy groups -OCH3 is 2. The summed E-state index contributed by atoms with van der Waals surface area (Å²) in [6.07, 6.45) is 0. The number of hydrogen-bond donors (Lipinski definition) is 0. The Morgan fingerprint density at radius 3 is 1.95 bits per heavy atom. The van der Waals surface area contributed by atoms with Gasteiger partial charge in [-0.2, -0.15) is 0 Å². The molecule has 0 aliphatic rings. The van der Waals surface area contributed by atoms with Gasteiger partial charge in [0.2, 0.25) is 7.28 Å². The van der Waals surface area contributed by atoms with E-state index in [0.717, 1.165) is 18.2 Å². The SMILES string of the molecule is COc1cc(F)c(Bc2cc(F)cc(F)c2OC)c(F)c1. The molecule has 2 aromatic rings. The van der Waals surface area contributed by atoms with Crippen LogP contribution in [-0.4, -0.2) is 21.5 Å². The fourth-order valence-corrected chi connectivity index (χ4v) is 2.03. The van der Waals surface area contributed by atoms with E-state index in [0.29, 0.717) is 6.07 Å². The van der Waals surface area contributed by atoms with Crippen LogP contribution in [0.5, 0.6) is 11.5 Å². The molecule has 0 N–H and O–H groups in total. The lowest BCUT2D eigenvalue weighted by molar-refractivity contribution is 0.388. The van der Waals surface area contributed by atoms with E-state index in [1.54, 1.807) is 0 Å². The highest BCUT2D eigenvalue weighted by molar-refractivity contribution is 6.68. The zero-order chi connectivity index (χ0) is 15.6. The van der Waals surface area contributed by atoms with E-state index in [-0.39, 0.29) is 29.7 Å². The Balaban J connectivity index is 2.48. The average Bonchev–Trinajstić information content (AvgIpc) is 2.42. The second kappa shape index (κ2) is 6.07. The molecule has 0 atom stereocenters. The molecule has 2 aromatic carbocycles. The Hall–Kier alpha value is -2.18. The van der Waals surface area contributed by atoms with E-state index in [9.17, 15) is 17.6 Å². The lowest BCUT2D eigenvalue weighted by atomic mass is 9.63. The highest BCUT2D eigenvalue weighted by Crippen LogP contribution is 2.16. The van der Waals surface area contributed by atoms with Gasteiger partial charge in [-0.1, -0.05) is 0 Å². The van der Waals surface area contributed by atoms with Gasteiger partial charge in [0, 0.05) is 18.2 Å². The van der Waals surface area contributed by atoms with Crippen LogP contribution in [0.2, 0.25) is 0 Å². The number of benzene rings is 2. The van der Waals surface area contributed by atoms with Crippen LogP contribution in [0.4, 0.5) is 17.6 Å².